The lowest BCUT2D eigenvalue weighted by molar-refractivity contribution is 0.174. The summed E-state index contributed by atoms with van der Waals surface area (Å²) < 4.78 is 12.8. The normalized spacial score (nSPS) is 17.3. The van der Waals surface area contributed by atoms with Gasteiger partial charge in [0.25, 0.3) is 0 Å². The molecule has 0 amide bonds. The van der Waals surface area contributed by atoms with Crippen LogP contribution in [0.1, 0.15) is 49.1 Å². The van der Waals surface area contributed by atoms with Crippen LogP contribution in [-0.4, -0.2) is 27.0 Å². The van der Waals surface area contributed by atoms with Gasteiger partial charge in [0.05, 0.1) is 11.2 Å². The zero-order valence-corrected chi connectivity index (χ0v) is 16.8. The van der Waals surface area contributed by atoms with Crippen LogP contribution in [-0.2, 0) is 5.54 Å². The van der Waals surface area contributed by atoms with Gasteiger partial charge in [0.1, 0.15) is 0 Å². The van der Waals surface area contributed by atoms with E-state index in [0.29, 0.717) is 0 Å². The molecule has 0 atom stereocenters. The van der Waals surface area contributed by atoms with Gasteiger partial charge in [-0.2, -0.15) is 4.68 Å². The Balaban J connectivity index is 1.57. The third-order valence-electron chi connectivity index (χ3n) is 5.81. The Hall–Kier alpha value is -3.09. The average molecular weight is 391 g/mol. The first-order chi connectivity index (χ1) is 14.1. The summed E-state index contributed by atoms with van der Waals surface area (Å²) in [4.78, 5) is 0. The molecule has 1 saturated carbocycles. The predicted molar refractivity (Wildman–Crippen MR) is 110 cm³/mol. The zero-order chi connectivity index (χ0) is 19.8. The van der Waals surface area contributed by atoms with Crippen molar-refractivity contribution in [3.05, 3.63) is 53.3 Å². The number of nitrogens with zero attached hydrogens (tertiary/aromatic N) is 4. The summed E-state index contributed by atoms with van der Waals surface area (Å²) in [5, 5.41) is 16.7. The van der Waals surface area contributed by atoms with E-state index < -0.39 is 0 Å². The molecule has 0 bridgehead atoms. The minimum Gasteiger partial charge on any atom is -0.454 e. The topological polar surface area (TPSA) is 74.1 Å². The maximum Gasteiger partial charge on any atom is 0.231 e. The fraction of sp³-hybridized carbons (Fsp3) is 0.409. The maximum absolute atomic E-state index is 5.55. The van der Waals surface area contributed by atoms with Crippen molar-refractivity contribution in [3.8, 4) is 17.2 Å². The smallest absolute Gasteiger partial charge is 0.231 e. The number of nitrogens with one attached hydrogen (secondary N) is 1. The number of fused-ring (bicyclic) bond motifs is 1. The van der Waals surface area contributed by atoms with E-state index in [2.05, 4.69) is 52.9 Å². The molecule has 1 aliphatic carbocycles. The number of tetrazole rings is 1. The third kappa shape index (κ3) is 3.30. The lowest BCUT2D eigenvalue weighted by Gasteiger charge is -2.37. The van der Waals surface area contributed by atoms with Crippen LogP contribution in [0.3, 0.4) is 0 Å². The van der Waals surface area contributed by atoms with Gasteiger partial charge in [-0.1, -0.05) is 25.3 Å². The van der Waals surface area contributed by atoms with Gasteiger partial charge >= 0.3 is 0 Å². The van der Waals surface area contributed by atoms with E-state index in [0.717, 1.165) is 54.4 Å². The number of benzene rings is 2. The molecule has 0 radical (unpaired) electrons. The van der Waals surface area contributed by atoms with E-state index in [-0.39, 0.29) is 12.3 Å². The Bertz CT molecular complexity index is 1020. The number of aryl methyl sites for hydroxylation is 2. The highest BCUT2D eigenvalue weighted by Crippen LogP contribution is 2.41. The van der Waals surface area contributed by atoms with Gasteiger partial charge in [0, 0.05) is 11.8 Å². The molecular weight excluding hydrogens is 366 g/mol. The Morgan fingerprint density at radius 2 is 1.69 bits per heavy atom. The Labute approximate surface area is 170 Å². The molecule has 1 fully saturated rings. The highest BCUT2D eigenvalue weighted by Gasteiger charge is 2.39. The van der Waals surface area contributed by atoms with Crippen LogP contribution >= 0.6 is 0 Å². The van der Waals surface area contributed by atoms with Crippen molar-refractivity contribution in [1.82, 2.24) is 20.2 Å². The molecule has 0 unspecified atom stereocenters. The number of anilines is 1. The van der Waals surface area contributed by atoms with Crippen LogP contribution in [0.2, 0.25) is 0 Å². The van der Waals surface area contributed by atoms with Gasteiger partial charge < -0.3 is 14.8 Å². The molecule has 0 saturated heterocycles. The summed E-state index contributed by atoms with van der Waals surface area (Å²) in [7, 11) is 0. The molecule has 7 nitrogen and oxygen atoms in total. The SMILES string of the molecule is Cc1cc(C)cc(NC2(c3nnnn3-c3ccc4c(c3)OCO4)CCCCC2)c1. The minimum absolute atomic E-state index is 0.249. The van der Waals surface area contributed by atoms with Crippen LogP contribution in [0, 0.1) is 13.8 Å². The first-order valence-electron chi connectivity index (χ1n) is 10.2. The van der Waals surface area contributed by atoms with Gasteiger partial charge in [0.2, 0.25) is 6.79 Å². The third-order valence-corrected chi connectivity index (χ3v) is 5.81. The molecule has 2 heterocycles. The van der Waals surface area contributed by atoms with Crippen LogP contribution in [0.25, 0.3) is 5.69 Å². The molecule has 1 aromatic heterocycles. The number of aromatic nitrogens is 4. The van der Waals surface area contributed by atoms with Crippen molar-refractivity contribution in [2.75, 3.05) is 12.1 Å². The Morgan fingerprint density at radius 3 is 2.48 bits per heavy atom. The number of hydrogen-bond donors (Lipinski definition) is 1. The standard InChI is InChI=1S/C22H25N5O2/c1-15-10-16(2)12-17(11-15)23-22(8-4-3-5-9-22)21-24-25-26-27(21)18-6-7-19-20(13-18)29-14-28-19/h6-7,10-13,23H,3-5,8-9,14H2,1-2H3. The van der Waals surface area contributed by atoms with Crippen molar-refractivity contribution >= 4 is 5.69 Å². The summed E-state index contributed by atoms with van der Waals surface area (Å²) in [6.07, 6.45) is 5.51. The van der Waals surface area contributed by atoms with Crippen molar-refractivity contribution < 1.29 is 9.47 Å². The lowest BCUT2D eigenvalue weighted by atomic mass is 9.80. The summed E-state index contributed by atoms with van der Waals surface area (Å²) in [5.41, 5.74) is 4.17. The molecule has 1 aliphatic heterocycles. The molecule has 3 aromatic rings. The van der Waals surface area contributed by atoms with Crippen LogP contribution in [0.15, 0.2) is 36.4 Å². The van der Waals surface area contributed by atoms with Crippen LogP contribution < -0.4 is 14.8 Å². The maximum atomic E-state index is 5.55. The van der Waals surface area contributed by atoms with E-state index in [4.69, 9.17) is 9.47 Å². The average Bonchev–Trinajstić information content (AvgIpc) is 3.37. The van der Waals surface area contributed by atoms with Gasteiger partial charge in [-0.3, -0.25) is 0 Å². The van der Waals surface area contributed by atoms with Gasteiger partial charge in [0.15, 0.2) is 17.3 Å². The second-order valence-corrected chi connectivity index (χ2v) is 8.10. The number of ether oxygens (including phenoxy) is 2. The molecule has 1 N–H and O–H groups in total. The zero-order valence-electron chi connectivity index (χ0n) is 16.8. The van der Waals surface area contributed by atoms with Crippen molar-refractivity contribution in [2.45, 2.75) is 51.5 Å². The molecule has 7 heteroatoms. The molecule has 29 heavy (non-hydrogen) atoms. The summed E-state index contributed by atoms with van der Waals surface area (Å²) >= 11 is 0. The van der Waals surface area contributed by atoms with E-state index in [1.807, 2.05) is 22.9 Å². The quantitative estimate of drug-likeness (QED) is 0.716. The molecule has 2 aromatic carbocycles. The van der Waals surface area contributed by atoms with E-state index in [1.165, 1.54) is 17.5 Å². The molecule has 0 spiro atoms. The molecular formula is C22H25N5O2. The van der Waals surface area contributed by atoms with Gasteiger partial charge in [-0.15, -0.1) is 5.10 Å². The summed E-state index contributed by atoms with van der Waals surface area (Å²) in [5.74, 6) is 2.32. The summed E-state index contributed by atoms with van der Waals surface area (Å²) in [6, 6.07) is 12.4. The fourth-order valence-electron chi connectivity index (χ4n) is 4.56. The predicted octanol–water partition coefficient (Wildman–Crippen LogP) is 4.28. The van der Waals surface area contributed by atoms with Crippen molar-refractivity contribution in [1.29, 1.82) is 0 Å². The number of rotatable bonds is 4. The monoisotopic (exact) mass is 391 g/mol. The van der Waals surface area contributed by atoms with E-state index in [9.17, 15) is 0 Å². The molecule has 2 aliphatic rings. The van der Waals surface area contributed by atoms with Crippen LogP contribution in [0.4, 0.5) is 5.69 Å². The largest absolute Gasteiger partial charge is 0.454 e. The van der Waals surface area contributed by atoms with Gasteiger partial charge in [-0.25, -0.2) is 0 Å². The lowest BCUT2D eigenvalue weighted by Crippen LogP contribution is -2.40. The van der Waals surface area contributed by atoms with Crippen molar-refractivity contribution in [3.63, 3.8) is 0 Å². The summed E-state index contributed by atoms with van der Waals surface area (Å²) in [6.45, 7) is 4.50. The van der Waals surface area contributed by atoms with E-state index in [1.54, 1.807) is 0 Å². The number of hydrogen-bond acceptors (Lipinski definition) is 6. The Morgan fingerprint density at radius 1 is 0.931 bits per heavy atom. The second kappa shape index (κ2) is 7.06. The minimum atomic E-state index is -0.307. The Kier molecular flexibility index (Phi) is 4.38. The second-order valence-electron chi connectivity index (χ2n) is 8.10. The molecule has 5 rings (SSSR count). The van der Waals surface area contributed by atoms with E-state index >= 15 is 0 Å². The van der Waals surface area contributed by atoms with Gasteiger partial charge in [-0.05, 0) is 72.5 Å². The first-order valence-corrected chi connectivity index (χ1v) is 10.2. The highest BCUT2D eigenvalue weighted by molar-refractivity contribution is 5.53. The van der Waals surface area contributed by atoms with Crippen LogP contribution in [0.5, 0.6) is 11.5 Å². The van der Waals surface area contributed by atoms with Crippen molar-refractivity contribution in [2.24, 2.45) is 0 Å². The fourth-order valence-corrected chi connectivity index (χ4v) is 4.56. The first kappa shape index (κ1) is 18.0. The highest BCUT2D eigenvalue weighted by atomic mass is 16.7. The molecule has 150 valence electrons.